The number of benzene rings is 3. The number of carbonyl (C=O) groups is 1. The molecule has 4 nitrogen and oxygen atoms in total. The highest BCUT2D eigenvalue weighted by Gasteiger charge is 2.20. The van der Waals surface area contributed by atoms with Crippen LogP contribution in [0.25, 0.3) is 11.0 Å². The lowest BCUT2D eigenvalue weighted by molar-refractivity contribution is 0.0935. The fourth-order valence-electron chi connectivity index (χ4n) is 3.35. The summed E-state index contributed by atoms with van der Waals surface area (Å²) >= 11 is 0. The van der Waals surface area contributed by atoms with Crippen molar-refractivity contribution in [1.29, 1.82) is 0 Å². The minimum Gasteiger partial charge on any atom is -0.342 e. The van der Waals surface area contributed by atoms with Gasteiger partial charge in [-0.1, -0.05) is 48.5 Å². The van der Waals surface area contributed by atoms with Crippen LogP contribution >= 0.6 is 0 Å². The molecule has 4 rings (SSSR count). The SMILES string of the molecule is Cc1cc2nc(C(Cc3ccccc3)NC(=O)c3ccccc3)[nH]c2cc1C. The van der Waals surface area contributed by atoms with E-state index in [1.54, 1.807) is 0 Å². The Morgan fingerprint density at radius 3 is 2.32 bits per heavy atom. The van der Waals surface area contributed by atoms with Gasteiger partial charge in [0.2, 0.25) is 0 Å². The van der Waals surface area contributed by atoms with Gasteiger partial charge in [0, 0.05) is 5.56 Å². The maximum Gasteiger partial charge on any atom is 0.251 e. The van der Waals surface area contributed by atoms with Gasteiger partial charge in [-0.15, -0.1) is 0 Å². The van der Waals surface area contributed by atoms with Crippen LogP contribution in [0.4, 0.5) is 0 Å². The largest absolute Gasteiger partial charge is 0.342 e. The molecule has 1 atom stereocenters. The average molecular weight is 369 g/mol. The van der Waals surface area contributed by atoms with E-state index in [4.69, 9.17) is 4.98 Å². The van der Waals surface area contributed by atoms with E-state index in [0.29, 0.717) is 12.0 Å². The van der Waals surface area contributed by atoms with Crippen molar-refractivity contribution in [2.24, 2.45) is 0 Å². The summed E-state index contributed by atoms with van der Waals surface area (Å²) in [6, 6.07) is 23.4. The topological polar surface area (TPSA) is 57.8 Å². The third-order valence-corrected chi connectivity index (χ3v) is 5.07. The molecule has 4 heteroatoms. The van der Waals surface area contributed by atoms with Crippen LogP contribution in [-0.4, -0.2) is 15.9 Å². The summed E-state index contributed by atoms with van der Waals surface area (Å²) in [4.78, 5) is 21.0. The van der Waals surface area contributed by atoms with Crippen LogP contribution in [0.1, 0.15) is 38.9 Å². The number of aromatic amines is 1. The monoisotopic (exact) mass is 369 g/mol. The first-order valence-electron chi connectivity index (χ1n) is 9.47. The standard InChI is InChI=1S/C24H23N3O/c1-16-13-20-21(14-17(16)2)26-23(25-20)22(15-18-9-5-3-6-10-18)27-24(28)19-11-7-4-8-12-19/h3-14,22H,15H2,1-2H3,(H,25,26)(H,27,28). The zero-order chi connectivity index (χ0) is 19.5. The van der Waals surface area contributed by atoms with E-state index in [0.717, 1.165) is 22.4 Å². The van der Waals surface area contributed by atoms with Crippen molar-refractivity contribution < 1.29 is 4.79 Å². The van der Waals surface area contributed by atoms with Crippen LogP contribution in [-0.2, 0) is 6.42 Å². The van der Waals surface area contributed by atoms with Crippen molar-refractivity contribution in [3.8, 4) is 0 Å². The number of aromatic nitrogens is 2. The van der Waals surface area contributed by atoms with E-state index in [1.165, 1.54) is 11.1 Å². The van der Waals surface area contributed by atoms with Crippen LogP contribution in [0.5, 0.6) is 0 Å². The van der Waals surface area contributed by atoms with Crippen LogP contribution in [0.15, 0.2) is 72.8 Å². The van der Waals surface area contributed by atoms with Gasteiger partial charge in [-0.05, 0) is 61.2 Å². The summed E-state index contributed by atoms with van der Waals surface area (Å²) < 4.78 is 0. The number of hydrogen-bond acceptors (Lipinski definition) is 2. The summed E-state index contributed by atoms with van der Waals surface area (Å²) in [5, 5.41) is 3.16. The van der Waals surface area contributed by atoms with Gasteiger partial charge < -0.3 is 10.3 Å². The van der Waals surface area contributed by atoms with E-state index >= 15 is 0 Å². The lowest BCUT2D eigenvalue weighted by atomic mass is 10.0. The Morgan fingerprint density at radius 2 is 1.61 bits per heavy atom. The number of nitrogens with one attached hydrogen (secondary N) is 2. The average Bonchev–Trinajstić information content (AvgIpc) is 3.12. The second-order valence-corrected chi connectivity index (χ2v) is 7.16. The third kappa shape index (κ3) is 3.81. The number of imidazole rings is 1. The smallest absolute Gasteiger partial charge is 0.251 e. The number of rotatable bonds is 5. The van der Waals surface area contributed by atoms with Crippen LogP contribution in [0.2, 0.25) is 0 Å². The molecule has 1 heterocycles. The Hall–Kier alpha value is -3.40. The molecule has 1 amide bonds. The summed E-state index contributed by atoms with van der Waals surface area (Å²) in [6.07, 6.45) is 0.664. The highest BCUT2D eigenvalue weighted by atomic mass is 16.1. The molecule has 0 fully saturated rings. The van der Waals surface area contributed by atoms with Crippen molar-refractivity contribution in [3.05, 3.63) is 101 Å². The molecule has 0 radical (unpaired) electrons. The normalized spacial score (nSPS) is 12.1. The van der Waals surface area contributed by atoms with Crippen LogP contribution in [0, 0.1) is 13.8 Å². The Bertz CT molecular complexity index is 1060. The molecule has 0 aliphatic rings. The summed E-state index contributed by atoms with van der Waals surface area (Å²) in [5.41, 5.74) is 6.13. The molecule has 1 unspecified atom stereocenters. The predicted octanol–water partition coefficient (Wildman–Crippen LogP) is 4.89. The molecule has 0 saturated heterocycles. The van der Waals surface area contributed by atoms with Crippen LogP contribution < -0.4 is 5.32 Å². The van der Waals surface area contributed by atoms with Gasteiger partial charge >= 0.3 is 0 Å². The van der Waals surface area contributed by atoms with Gasteiger partial charge in [0.15, 0.2) is 0 Å². The second-order valence-electron chi connectivity index (χ2n) is 7.16. The molecule has 0 aliphatic carbocycles. The first-order chi connectivity index (χ1) is 13.6. The second kappa shape index (κ2) is 7.69. The highest BCUT2D eigenvalue weighted by Crippen LogP contribution is 2.23. The molecule has 4 aromatic rings. The minimum absolute atomic E-state index is 0.102. The van der Waals surface area contributed by atoms with Gasteiger partial charge in [0.1, 0.15) is 5.82 Å². The molecular formula is C24H23N3O. The maximum atomic E-state index is 12.8. The predicted molar refractivity (Wildman–Crippen MR) is 112 cm³/mol. The minimum atomic E-state index is -0.247. The molecule has 140 valence electrons. The Labute approximate surface area is 164 Å². The summed E-state index contributed by atoms with van der Waals surface area (Å²) in [6.45, 7) is 4.18. The Morgan fingerprint density at radius 1 is 0.964 bits per heavy atom. The fraction of sp³-hybridized carbons (Fsp3) is 0.167. The first-order valence-corrected chi connectivity index (χ1v) is 9.47. The first kappa shape index (κ1) is 18.0. The molecule has 3 aromatic carbocycles. The van der Waals surface area contributed by atoms with Gasteiger partial charge in [0.25, 0.3) is 5.91 Å². The molecule has 0 saturated carbocycles. The van der Waals surface area contributed by atoms with E-state index in [2.05, 4.69) is 48.4 Å². The zero-order valence-corrected chi connectivity index (χ0v) is 16.1. The Kier molecular flexibility index (Phi) is 4.94. The molecule has 0 spiro atoms. The fourth-order valence-corrected chi connectivity index (χ4v) is 3.35. The quantitative estimate of drug-likeness (QED) is 0.526. The van der Waals surface area contributed by atoms with Crippen molar-refractivity contribution in [1.82, 2.24) is 15.3 Å². The molecule has 28 heavy (non-hydrogen) atoms. The molecule has 0 aliphatic heterocycles. The number of H-pyrrole nitrogens is 1. The van der Waals surface area contributed by atoms with Crippen molar-refractivity contribution >= 4 is 16.9 Å². The third-order valence-electron chi connectivity index (χ3n) is 5.07. The molecular weight excluding hydrogens is 346 g/mol. The van der Waals surface area contributed by atoms with Gasteiger partial charge in [-0.25, -0.2) is 4.98 Å². The lowest BCUT2D eigenvalue weighted by Gasteiger charge is -2.17. The molecule has 2 N–H and O–H groups in total. The zero-order valence-electron chi connectivity index (χ0n) is 16.1. The molecule has 0 bridgehead atoms. The van der Waals surface area contributed by atoms with Crippen molar-refractivity contribution in [3.63, 3.8) is 0 Å². The van der Waals surface area contributed by atoms with Gasteiger partial charge in [-0.3, -0.25) is 4.79 Å². The number of fused-ring (bicyclic) bond motifs is 1. The summed E-state index contributed by atoms with van der Waals surface area (Å²) in [7, 11) is 0. The van der Waals surface area contributed by atoms with E-state index in [1.807, 2.05) is 48.5 Å². The van der Waals surface area contributed by atoms with Crippen LogP contribution in [0.3, 0.4) is 0 Å². The number of carbonyl (C=O) groups excluding carboxylic acids is 1. The Balaban J connectivity index is 1.69. The molecule has 1 aromatic heterocycles. The summed E-state index contributed by atoms with van der Waals surface area (Å²) in [5.74, 6) is 0.669. The number of aryl methyl sites for hydroxylation is 2. The van der Waals surface area contributed by atoms with Gasteiger partial charge in [-0.2, -0.15) is 0 Å². The van der Waals surface area contributed by atoms with E-state index in [-0.39, 0.29) is 11.9 Å². The maximum absolute atomic E-state index is 12.8. The number of nitrogens with zero attached hydrogens (tertiary/aromatic N) is 1. The van der Waals surface area contributed by atoms with Crippen molar-refractivity contribution in [2.75, 3.05) is 0 Å². The number of hydrogen-bond donors (Lipinski definition) is 2. The van der Waals surface area contributed by atoms with Crippen molar-refractivity contribution in [2.45, 2.75) is 26.3 Å². The van der Waals surface area contributed by atoms with E-state index < -0.39 is 0 Å². The van der Waals surface area contributed by atoms with E-state index in [9.17, 15) is 4.79 Å². The van der Waals surface area contributed by atoms with Gasteiger partial charge in [0.05, 0.1) is 17.1 Å². The highest BCUT2D eigenvalue weighted by molar-refractivity contribution is 5.94. The number of amides is 1. The lowest BCUT2D eigenvalue weighted by Crippen LogP contribution is -2.30.